The number of ketones is 2. The topological polar surface area (TPSA) is 148 Å². The Morgan fingerprint density at radius 1 is 0.755 bits per heavy atom. The molecular weight excluding hydrogens is 727 g/mol. The van der Waals surface area contributed by atoms with Gasteiger partial charge in [-0.15, -0.1) is 22.7 Å². The Morgan fingerprint density at radius 3 is 1.64 bits per heavy atom. The van der Waals surface area contributed by atoms with Crippen LogP contribution in [0.3, 0.4) is 0 Å². The summed E-state index contributed by atoms with van der Waals surface area (Å²) < 4.78 is 60.7. The highest BCUT2D eigenvalue weighted by atomic mass is 32.1. The van der Waals surface area contributed by atoms with Crippen molar-refractivity contribution in [1.82, 2.24) is 4.57 Å². The quantitative estimate of drug-likeness (QED) is 0.0925. The Labute approximate surface area is 306 Å². The molecule has 0 aliphatic heterocycles. The van der Waals surface area contributed by atoms with Crippen LogP contribution in [0, 0.1) is 63.2 Å². The molecule has 0 saturated heterocycles. The summed E-state index contributed by atoms with van der Waals surface area (Å²) in [6.07, 6.45) is 0.835. The zero-order valence-electron chi connectivity index (χ0n) is 27.6. The third-order valence-electron chi connectivity index (χ3n) is 9.05. The number of hydrogen-bond donors (Lipinski definition) is 0. The molecule has 1 atom stereocenters. The summed E-state index contributed by atoms with van der Waals surface area (Å²) in [5.74, 6) is -6.19. The van der Waals surface area contributed by atoms with E-state index >= 15 is 0 Å². The summed E-state index contributed by atoms with van der Waals surface area (Å²) in [6.45, 7) is 7.88. The van der Waals surface area contributed by atoms with Crippen molar-refractivity contribution in [2.75, 3.05) is 6.54 Å². The monoisotopic (exact) mass is 747 g/mol. The van der Waals surface area contributed by atoms with Gasteiger partial charge in [0.05, 0.1) is 38.6 Å². The van der Waals surface area contributed by atoms with Gasteiger partial charge in [0.1, 0.15) is 39.1 Å². The lowest BCUT2D eigenvalue weighted by Crippen LogP contribution is -2.08. The first-order chi connectivity index (χ1) is 25.4. The highest BCUT2D eigenvalue weighted by Crippen LogP contribution is 2.47. The summed E-state index contributed by atoms with van der Waals surface area (Å²) in [6, 6.07) is 12.1. The summed E-state index contributed by atoms with van der Waals surface area (Å²) in [4.78, 5) is 40.1. The van der Waals surface area contributed by atoms with E-state index < -0.39 is 40.4 Å². The number of carbonyl (C=O) groups is 2. The zero-order chi connectivity index (χ0) is 37.9. The predicted molar refractivity (Wildman–Crippen MR) is 195 cm³/mol. The maximum atomic E-state index is 14.4. The van der Waals surface area contributed by atoms with E-state index in [0.717, 1.165) is 51.1 Å². The Morgan fingerprint density at radius 2 is 1.21 bits per heavy atom. The predicted octanol–water partition coefficient (Wildman–Crippen LogP) is 9.24. The minimum Gasteiger partial charge on any atom is -0.339 e. The van der Waals surface area contributed by atoms with Crippen molar-refractivity contribution in [3.8, 4) is 18.2 Å². The highest BCUT2D eigenvalue weighted by Gasteiger charge is 2.37. The maximum absolute atomic E-state index is 14.4. The normalized spacial score (nSPS) is 16.6. The molecule has 1 unspecified atom stereocenters. The molecule has 5 aromatic rings. The van der Waals surface area contributed by atoms with Gasteiger partial charge in [-0.3, -0.25) is 14.6 Å². The van der Waals surface area contributed by atoms with Crippen LogP contribution < -0.4 is 0 Å². The van der Waals surface area contributed by atoms with Crippen molar-refractivity contribution in [3.63, 3.8) is 0 Å². The van der Waals surface area contributed by atoms with E-state index in [1.54, 1.807) is 24.3 Å². The third kappa shape index (κ3) is 5.60. The molecule has 0 bridgehead atoms. The van der Waals surface area contributed by atoms with Gasteiger partial charge in [-0.05, 0) is 54.6 Å². The standard InChI is InChI=1S/C38H21F4N7O2S2/c1-4-16(2)15-49-27-9-29(47-33-31(17(11-43)12-44)19-5-23(39)25(41)7-21(19)35(33)50)52-37(27)38-28(49)10-30(53-38)48-34-32(18(13-45)14-46-3)20-6-24(40)26(42)8-22(20)36(34)51/h5-10,16H,3-4,14-15H2,1-2H3. The second-order valence-corrected chi connectivity index (χ2v) is 14.3. The average molecular weight is 748 g/mol. The van der Waals surface area contributed by atoms with Crippen LogP contribution in [0.4, 0.5) is 27.6 Å². The van der Waals surface area contributed by atoms with Crippen molar-refractivity contribution in [2.45, 2.75) is 26.8 Å². The lowest BCUT2D eigenvalue weighted by molar-refractivity contribution is 0.106. The molecule has 0 radical (unpaired) electrons. The number of aromatic nitrogens is 1. The van der Waals surface area contributed by atoms with Gasteiger partial charge in [-0.25, -0.2) is 27.5 Å². The van der Waals surface area contributed by atoms with Crippen molar-refractivity contribution in [2.24, 2.45) is 20.9 Å². The second kappa shape index (κ2) is 13.3. The summed E-state index contributed by atoms with van der Waals surface area (Å²) in [5, 5.41) is 30.0. The van der Waals surface area contributed by atoms with Crippen molar-refractivity contribution in [3.05, 3.63) is 93.1 Å². The molecule has 7 rings (SSSR count). The fourth-order valence-electron chi connectivity index (χ4n) is 6.37. The lowest BCUT2D eigenvalue weighted by Gasteiger charge is -2.11. The van der Waals surface area contributed by atoms with E-state index in [-0.39, 0.29) is 62.9 Å². The molecule has 260 valence electrons. The molecule has 3 heterocycles. The molecule has 0 fully saturated rings. The van der Waals surface area contributed by atoms with Crippen molar-refractivity contribution in [1.29, 1.82) is 15.8 Å². The van der Waals surface area contributed by atoms with Crippen LogP contribution in [0.1, 0.15) is 52.1 Å². The number of aliphatic imine (C=N–C) groups is 3. The lowest BCUT2D eigenvalue weighted by atomic mass is 10.0. The van der Waals surface area contributed by atoms with Crippen LogP contribution in [0.15, 0.2) is 62.5 Å². The molecular formula is C38H21F4N7O2S2. The zero-order valence-corrected chi connectivity index (χ0v) is 29.3. The Kier molecular flexibility index (Phi) is 8.82. The van der Waals surface area contributed by atoms with Gasteiger partial charge in [0.25, 0.3) is 0 Å². The maximum Gasteiger partial charge on any atom is 0.212 e. The number of carbonyl (C=O) groups excluding carboxylic acids is 2. The van der Waals surface area contributed by atoms with E-state index in [0.29, 0.717) is 16.5 Å². The van der Waals surface area contributed by atoms with Gasteiger partial charge in [-0.2, -0.15) is 15.8 Å². The first-order valence-corrected chi connectivity index (χ1v) is 17.5. The van der Waals surface area contributed by atoms with Gasteiger partial charge in [0, 0.05) is 34.4 Å². The van der Waals surface area contributed by atoms with Crippen LogP contribution in [0.2, 0.25) is 0 Å². The number of fused-ring (bicyclic) bond motifs is 5. The Bertz CT molecular complexity index is 2760. The minimum atomic E-state index is -1.26. The molecule has 0 amide bonds. The molecule has 0 N–H and O–H groups in total. The Hall–Kier alpha value is -6.34. The minimum absolute atomic E-state index is 0.00195. The highest BCUT2D eigenvalue weighted by molar-refractivity contribution is 7.30. The first kappa shape index (κ1) is 35.1. The average Bonchev–Trinajstić information content (AvgIpc) is 3.91. The second-order valence-electron chi connectivity index (χ2n) is 12.2. The summed E-state index contributed by atoms with van der Waals surface area (Å²) >= 11 is 2.41. The van der Waals surface area contributed by atoms with Crippen molar-refractivity contribution < 1.29 is 27.2 Å². The number of nitriles is 3. The molecule has 2 aliphatic carbocycles. The van der Waals surface area contributed by atoms with E-state index in [9.17, 15) is 42.9 Å². The van der Waals surface area contributed by atoms with Gasteiger partial charge in [0.15, 0.2) is 23.3 Å². The van der Waals surface area contributed by atoms with Crippen LogP contribution in [-0.4, -0.2) is 40.8 Å². The largest absolute Gasteiger partial charge is 0.339 e. The van der Waals surface area contributed by atoms with Crippen molar-refractivity contribution >= 4 is 94.0 Å². The third-order valence-corrected chi connectivity index (χ3v) is 11.3. The number of halogens is 4. The number of thiophene rings is 2. The summed E-state index contributed by atoms with van der Waals surface area (Å²) in [5.41, 5.74) is -0.0383. The van der Waals surface area contributed by atoms with Gasteiger partial charge >= 0.3 is 0 Å². The number of nitrogens with zero attached hydrogens (tertiary/aromatic N) is 7. The van der Waals surface area contributed by atoms with Crippen LogP contribution in [0.25, 0.3) is 31.6 Å². The van der Waals surface area contributed by atoms with E-state index in [1.807, 2.05) is 17.6 Å². The SMILES string of the molecule is C=NCC(C#N)=C1C(=Nc2cc3c(s2)c2sc(N=C4C(=O)c5cc(F)c(F)cc5C4=C(C#N)C#N)cc2n3CC(C)CC)C(=O)c2cc(F)c(F)cc21. The molecule has 2 aromatic carbocycles. The van der Waals surface area contributed by atoms with Gasteiger partial charge < -0.3 is 4.57 Å². The number of benzene rings is 2. The van der Waals surface area contributed by atoms with Crippen LogP contribution in [-0.2, 0) is 6.54 Å². The van der Waals surface area contributed by atoms with E-state index in [4.69, 9.17) is 0 Å². The number of hydrogen-bond acceptors (Lipinski definition) is 10. The molecule has 53 heavy (non-hydrogen) atoms. The number of rotatable bonds is 7. The number of Topliss-reactive ketones (excluding diaryl/α,β-unsaturated/α-hetero) is 2. The molecule has 0 spiro atoms. The first-order valence-electron chi connectivity index (χ1n) is 15.9. The molecule has 15 heteroatoms. The van der Waals surface area contributed by atoms with E-state index in [2.05, 4.69) is 28.6 Å². The fraction of sp³-hybridized carbons (Fsp3) is 0.158. The molecule has 9 nitrogen and oxygen atoms in total. The van der Waals surface area contributed by atoms with Crippen LogP contribution >= 0.6 is 22.7 Å². The molecule has 3 aromatic heterocycles. The Balaban J connectivity index is 1.41. The van der Waals surface area contributed by atoms with Crippen LogP contribution in [0.5, 0.6) is 0 Å². The summed E-state index contributed by atoms with van der Waals surface area (Å²) in [7, 11) is 0. The fourth-order valence-corrected chi connectivity index (χ4v) is 8.60. The van der Waals surface area contributed by atoms with E-state index in [1.165, 1.54) is 22.7 Å². The van der Waals surface area contributed by atoms with Gasteiger partial charge in [-0.1, -0.05) is 20.3 Å². The van der Waals surface area contributed by atoms with Gasteiger partial charge in [0.2, 0.25) is 11.6 Å². The molecule has 2 aliphatic rings. The number of allylic oxidation sites excluding steroid dienone is 3. The molecule has 0 saturated carbocycles. The smallest absolute Gasteiger partial charge is 0.212 e.